The molecule has 0 fully saturated rings. The van der Waals surface area contributed by atoms with E-state index in [9.17, 15) is 0 Å². The molecule has 0 aliphatic heterocycles. The lowest BCUT2D eigenvalue weighted by atomic mass is 9.78. The summed E-state index contributed by atoms with van der Waals surface area (Å²) in [6.45, 7) is 10.4. The largest absolute Gasteiger partial charge is 0.309 e. The third kappa shape index (κ3) is 6.35. The summed E-state index contributed by atoms with van der Waals surface area (Å²) in [6.07, 6.45) is 6.26. The standard InChI is InChI=1S/C21H29ClN2O/c1-16(17-8-6-9-19(22)12-17)18-13-20(15-21(2,3)14-18)23-25-11-7-10-24(4)5/h6,8-9,12-13,15,23H,1,7,10-11,14H2,2-5H3. The van der Waals surface area contributed by atoms with E-state index in [4.69, 9.17) is 16.4 Å². The molecule has 25 heavy (non-hydrogen) atoms. The van der Waals surface area contributed by atoms with Gasteiger partial charge < -0.3 is 4.90 Å². The Bertz CT molecular complexity index is 674. The third-order valence-corrected chi connectivity index (χ3v) is 4.36. The monoisotopic (exact) mass is 360 g/mol. The van der Waals surface area contributed by atoms with Gasteiger partial charge in [-0.05, 0) is 73.8 Å². The maximum absolute atomic E-state index is 6.13. The summed E-state index contributed by atoms with van der Waals surface area (Å²) < 4.78 is 0. The summed E-state index contributed by atoms with van der Waals surface area (Å²) in [4.78, 5) is 7.78. The lowest BCUT2D eigenvalue weighted by Crippen LogP contribution is -2.23. The van der Waals surface area contributed by atoms with Gasteiger partial charge in [-0.2, -0.15) is 0 Å². The average molecular weight is 361 g/mol. The van der Waals surface area contributed by atoms with Crippen molar-refractivity contribution in [2.45, 2.75) is 26.7 Å². The highest BCUT2D eigenvalue weighted by molar-refractivity contribution is 6.30. The number of nitrogens with zero attached hydrogens (tertiary/aromatic N) is 1. The molecule has 1 aromatic carbocycles. The van der Waals surface area contributed by atoms with Crippen molar-refractivity contribution < 1.29 is 4.84 Å². The van der Waals surface area contributed by atoms with Crippen LogP contribution >= 0.6 is 11.6 Å². The van der Waals surface area contributed by atoms with Gasteiger partial charge in [0, 0.05) is 5.02 Å². The highest BCUT2D eigenvalue weighted by Crippen LogP contribution is 2.38. The van der Waals surface area contributed by atoms with Crippen LogP contribution < -0.4 is 5.48 Å². The molecule has 1 aromatic rings. The van der Waals surface area contributed by atoms with Gasteiger partial charge in [-0.25, -0.2) is 0 Å². The Morgan fingerprint density at radius 2 is 2.12 bits per heavy atom. The SMILES string of the molecule is C=C(C1=CC(NOCCCN(C)C)=CC(C)(C)C1)c1cccc(Cl)c1. The van der Waals surface area contributed by atoms with Crippen LogP contribution in [-0.2, 0) is 4.84 Å². The molecule has 1 aliphatic carbocycles. The zero-order valence-corrected chi connectivity index (χ0v) is 16.5. The molecule has 0 amide bonds. The molecular formula is C21H29ClN2O. The minimum atomic E-state index is 0.0426. The summed E-state index contributed by atoms with van der Waals surface area (Å²) in [5, 5.41) is 0.729. The van der Waals surface area contributed by atoms with E-state index in [0.717, 1.165) is 41.2 Å². The lowest BCUT2D eigenvalue weighted by molar-refractivity contribution is 0.0588. The first-order chi connectivity index (χ1) is 11.8. The molecule has 136 valence electrons. The van der Waals surface area contributed by atoms with Crippen LogP contribution in [-0.4, -0.2) is 32.1 Å². The summed E-state index contributed by atoms with van der Waals surface area (Å²) in [7, 11) is 4.13. The average Bonchev–Trinajstić information content (AvgIpc) is 2.52. The summed E-state index contributed by atoms with van der Waals surface area (Å²) in [6, 6.07) is 7.85. The smallest absolute Gasteiger partial charge is 0.0758 e. The minimum Gasteiger partial charge on any atom is -0.309 e. The van der Waals surface area contributed by atoms with E-state index < -0.39 is 0 Å². The molecule has 0 aromatic heterocycles. The first-order valence-electron chi connectivity index (χ1n) is 8.68. The number of rotatable bonds is 8. The maximum atomic E-state index is 6.13. The normalized spacial score (nSPS) is 16.4. The Kier molecular flexibility index (Phi) is 6.88. The van der Waals surface area contributed by atoms with E-state index in [2.05, 4.69) is 57.1 Å². The van der Waals surface area contributed by atoms with Crippen molar-refractivity contribution in [1.82, 2.24) is 10.4 Å². The molecule has 4 heteroatoms. The van der Waals surface area contributed by atoms with Gasteiger partial charge in [-0.15, -0.1) is 0 Å². The van der Waals surface area contributed by atoms with Gasteiger partial charge in [0.1, 0.15) is 0 Å². The van der Waals surface area contributed by atoms with E-state index in [1.165, 1.54) is 5.57 Å². The van der Waals surface area contributed by atoms with E-state index in [1.807, 2.05) is 24.3 Å². The Hall–Kier alpha value is -1.55. The van der Waals surface area contributed by atoms with Gasteiger partial charge in [0.05, 0.1) is 12.3 Å². The van der Waals surface area contributed by atoms with Crippen molar-refractivity contribution >= 4 is 17.2 Å². The van der Waals surface area contributed by atoms with Crippen LogP contribution in [0.4, 0.5) is 0 Å². The highest BCUT2D eigenvalue weighted by Gasteiger charge is 2.24. The van der Waals surface area contributed by atoms with E-state index in [0.29, 0.717) is 6.61 Å². The van der Waals surface area contributed by atoms with Crippen molar-refractivity contribution in [1.29, 1.82) is 0 Å². The van der Waals surface area contributed by atoms with Crippen molar-refractivity contribution in [3.63, 3.8) is 0 Å². The Morgan fingerprint density at radius 3 is 2.80 bits per heavy atom. The fraction of sp³-hybridized carbons (Fsp3) is 0.429. The number of hydrogen-bond acceptors (Lipinski definition) is 3. The molecule has 1 N–H and O–H groups in total. The van der Waals surface area contributed by atoms with E-state index in [-0.39, 0.29) is 5.41 Å². The molecule has 1 aliphatic rings. The first kappa shape index (κ1) is 19.8. The zero-order chi connectivity index (χ0) is 18.4. The van der Waals surface area contributed by atoms with Crippen LogP contribution in [0.5, 0.6) is 0 Å². The summed E-state index contributed by atoms with van der Waals surface area (Å²) in [5.74, 6) is 0. The fourth-order valence-corrected chi connectivity index (χ4v) is 3.14. The topological polar surface area (TPSA) is 24.5 Å². The van der Waals surface area contributed by atoms with Crippen molar-refractivity contribution in [3.8, 4) is 0 Å². The zero-order valence-electron chi connectivity index (χ0n) is 15.7. The van der Waals surface area contributed by atoms with Crippen LogP contribution in [0.3, 0.4) is 0 Å². The molecule has 0 spiro atoms. The summed E-state index contributed by atoms with van der Waals surface area (Å²) in [5.41, 5.74) is 7.40. The van der Waals surface area contributed by atoms with Gasteiger partial charge in [0.2, 0.25) is 0 Å². The molecule has 0 saturated carbocycles. The van der Waals surface area contributed by atoms with Crippen LogP contribution in [0, 0.1) is 5.41 Å². The van der Waals surface area contributed by atoms with Crippen molar-refractivity contribution in [2.24, 2.45) is 5.41 Å². The second kappa shape index (κ2) is 8.70. The number of hydroxylamine groups is 1. The van der Waals surface area contributed by atoms with Crippen LogP contribution in [0.1, 0.15) is 32.3 Å². The number of allylic oxidation sites excluding steroid dienone is 4. The molecule has 0 heterocycles. The first-order valence-corrected chi connectivity index (χ1v) is 9.06. The molecule has 0 radical (unpaired) electrons. The molecule has 0 bridgehead atoms. The molecule has 0 atom stereocenters. The molecule has 2 rings (SSSR count). The van der Waals surface area contributed by atoms with Gasteiger partial charge >= 0.3 is 0 Å². The molecule has 0 unspecified atom stereocenters. The summed E-state index contributed by atoms with van der Waals surface area (Å²) >= 11 is 6.13. The Labute approximate surface area is 157 Å². The Morgan fingerprint density at radius 1 is 1.36 bits per heavy atom. The molecule has 0 saturated heterocycles. The second-order valence-corrected chi connectivity index (χ2v) is 7.97. The third-order valence-electron chi connectivity index (χ3n) is 4.12. The minimum absolute atomic E-state index is 0.0426. The molecule has 3 nitrogen and oxygen atoms in total. The number of hydrogen-bond donors (Lipinski definition) is 1. The van der Waals surface area contributed by atoms with Gasteiger partial charge in [-0.3, -0.25) is 10.3 Å². The van der Waals surface area contributed by atoms with Crippen LogP contribution in [0.2, 0.25) is 5.02 Å². The number of halogens is 1. The predicted octanol–water partition coefficient (Wildman–Crippen LogP) is 5.07. The predicted molar refractivity (Wildman–Crippen MR) is 107 cm³/mol. The van der Waals surface area contributed by atoms with E-state index >= 15 is 0 Å². The molecular weight excluding hydrogens is 332 g/mol. The number of nitrogens with one attached hydrogen (secondary N) is 1. The second-order valence-electron chi connectivity index (χ2n) is 7.53. The van der Waals surface area contributed by atoms with Crippen molar-refractivity contribution in [2.75, 3.05) is 27.2 Å². The van der Waals surface area contributed by atoms with Gasteiger partial charge in [0.15, 0.2) is 0 Å². The Balaban J connectivity index is 2.04. The highest BCUT2D eigenvalue weighted by atomic mass is 35.5. The number of benzene rings is 1. The van der Waals surface area contributed by atoms with Crippen LogP contribution in [0.25, 0.3) is 5.57 Å². The quantitative estimate of drug-likeness (QED) is 0.517. The van der Waals surface area contributed by atoms with Crippen molar-refractivity contribution in [3.05, 3.63) is 64.9 Å². The maximum Gasteiger partial charge on any atom is 0.0758 e. The van der Waals surface area contributed by atoms with Crippen LogP contribution in [0.15, 0.2) is 54.3 Å². The van der Waals surface area contributed by atoms with Gasteiger partial charge in [0.25, 0.3) is 0 Å². The van der Waals surface area contributed by atoms with Gasteiger partial charge in [-0.1, -0.05) is 50.2 Å². The van der Waals surface area contributed by atoms with E-state index in [1.54, 1.807) is 0 Å². The lowest BCUT2D eigenvalue weighted by Gasteiger charge is -2.29. The fourth-order valence-electron chi connectivity index (χ4n) is 2.94.